The third kappa shape index (κ3) is 4.27. The van der Waals surface area contributed by atoms with Gasteiger partial charge in [0.2, 0.25) is 5.91 Å². The van der Waals surface area contributed by atoms with Gasteiger partial charge in [-0.25, -0.2) is 4.79 Å². The zero-order valence-corrected chi connectivity index (χ0v) is 12.6. The van der Waals surface area contributed by atoms with Crippen molar-refractivity contribution in [2.45, 2.75) is 44.6 Å². The first-order valence-corrected chi connectivity index (χ1v) is 7.70. The number of likely N-dealkylation sites (tertiary alicyclic amines) is 1. The van der Waals surface area contributed by atoms with Gasteiger partial charge in [0.1, 0.15) is 0 Å². The standard InChI is InChI=1S/C16H22N2O4/c19-11-14-5-1-2-9-18(14)15(20)6-3-4-13-10-12(16(21)22)7-8-17-13/h7-8,10,14,19H,1-6,9,11H2,(H,21,22). The van der Waals surface area contributed by atoms with Gasteiger partial charge in [-0.1, -0.05) is 0 Å². The van der Waals surface area contributed by atoms with E-state index < -0.39 is 5.97 Å². The molecule has 1 atom stereocenters. The predicted octanol–water partition coefficient (Wildman–Crippen LogP) is 1.48. The average molecular weight is 306 g/mol. The number of aliphatic hydroxyl groups is 1. The number of hydrogen-bond acceptors (Lipinski definition) is 4. The fraction of sp³-hybridized carbons (Fsp3) is 0.562. The van der Waals surface area contributed by atoms with Crippen molar-refractivity contribution in [3.05, 3.63) is 29.6 Å². The Morgan fingerprint density at radius 1 is 1.36 bits per heavy atom. The van der Waals surface area contributed by atoms with Crippen LogP contribution in [0.15, 0.2) is 18.3 Å². The maximum absolute atomic E-state index is 12.2. The summed E-state index contributed by atoms with van der Waals surface area (Å²) in [6.45, 7) is 0.741. The lowest BCUT2D eigenvalue weighted by Gasteiger charge is -2.34. The molecule has 0 saturated carbocycles. The van der Waals surface area contributed by atoms with Crippen LogP contribution in [0.2, 0.25) is 0 Å². The average Bonchev–Trinajstić information content (AvgIpc) is 2.55. The second-order valence-corrected chi connectivity index (χ2v) is 5.61. The van der Waals surface area contributed by atoms with Gasteiger partial charge in [0.15, 0.2) is 0 Å². The topological polar surface area (TPSA) is 90.7 Å². The van der Waals surface area contributed by atoms with Gasteiger partial charge in [-0.15, -0.1) is 0 Å². The minimum atomic E-state index is -0.973. The largest absolute Gasteiger partial charge is 0.478 e. The van der Waals surface area contributed by atoms with Gasteiger partial charge in [0.25, 0.3) is 0 Å². The molecule has 0 spiro atoms. The Morgan fingerprint density at radius 2 is 2.18 bits per heavy atom. The van der Waals surface area contributed by atoms with Crippen LogP contribution < -0.4 is 0 Å². The Morgan fingerprint density at radius 3 is 2.91 bits per heavy atom. The summed E-state index contributed by atoms with van der Waals surface area (Å²) in [5.74, 6) is -0.910. The predicted molar refractivity (Wildman–Crippen MR) is 80.6 cm³/mol. The number of carbonyl (C=O) groups is 2. The summed E-state index contributed by atoms with van der Waals surface area (Å²) in [6.07, 6.45) is 5.99. The number of carboxylic acid groups (broad SMARTS) is 1. The zero-order valence-electron chi connectivity index (χ0n) is 12.6. The molecule has 120 valence electrons. The number of rotatable bonds is 6. The molecule has 1 aromatic rings. The van der Waals surface area contributed by atoms with E-state index in [0.29, 0.717) is 25.0 Å². The van der Waals surface area contributed by atoms with Gasteiger partial charge in [-0.2, -0.15) is 0 Å². The van der Waals surface area contributed by atoms with Gasteiger partial charge in [-0.05, 0) is 44.2 Å². The van der Waals surface area contributed by atoms with E-state index in [1.807, 2.05) is 0 Å². The number of aromatic carboxylic acids is 1. The quantitative estimate of drug-likeness (QED) is 0.830. The SMILES string of the molecule is O=C(O)c1ccnc(CCCC(=O)N2CCCCC2CO)c1. The van der Waals surface area contributed by atoms with Gasteiger partial charge < -0.3 is 15.1 Å². The molecule has 6 heteroatoms. The molecular weight excluding hydrogens is 284 g/mol. The number of carbonyl (C=O) groups excluding carboxylic acids is 1. The van der Waals surface area contributed by atoms with E-state index in [9.17, 15) is 14.7 Å². The third-order valence-corrected chi connectivity index (χ3v) is 4.05. The summed E-state index contributed by atoms with van der Waals surface area (Å²) < 4.78 is 0. The Balaban J connectivity index is 1.84. The smallest absolute Gasteiger partial charge is 0.335 e. The normalized spacial score (nSPS) is 18.2. The van der Waals surface area contributed by atoms with E-state index in [0.717, 1.165) is 25.8 Å². The van der Waals surface area contributed by atoms with Gasteiger partial charge in [-0.3, -0.25) is 9.78 Å². The van der Waals surface area contributed by atoms with E-state index in [1.165, 1.54) is 12.3 Å². The van der Waals surface area contributed by atoms with E-state index in [4.69, 9.17) is 5.11 Å². The summed E-state index contributed by atoms with van der Waals surface area (Å²) >= 11 is 0. The number of aliphatic hydroxyl groups excluding tert-OH is 1. The number of hydrogen-bond donors (Lipinski definition) is 2. The van der Waals surface area contributed by atoms with Crippen molar-refractivity contribution in [1.29, 1.82) is 0 Å². The highest BCUT2D eigenvalue weighted by molar-refractivity contribution is 5.87. The molecule has 22 heavy (non-hydrogen) atoms. The van der Waals surface area contributed by atoms with Gasteiger partial charge >= 0.3 is 5.97 Å². The summed E-state index contributed by atoms with van der Waals surface area (Å²) in [5, 5.41) is 18.3. The molecule has 0 radical (unpaired) electrons. The van der Waals surface area contributed by atoms with Crippen LogP contribution in [0.1, 0.15) is 48.2 Å². The van der Waals surface area contributed by atoms with E-state index in [-0.39, 0.29) is 24.1 Å². The van der Waals surface area contributed by atoms with Crippen LogP contribution in [0, 0.1) is 0 Å². The molecule has 0 aliphatic carbocycles. The Labute approximate surface area is 129 Å². The Kier molecular flexibility index (Phi) is 5.89. The van der Waals surface area contributed by atoms with Crippen LogP contribution in [0.3, 0.4) is 0 Å². The molecule has 1 aliphatic heterocycles. The van der Waals surface area contributed by atoms with Crippen LogP contribution in [0.4, 0.5) is 0 Å². The number of carboxylic acids is 1. The van der Waals surface area contributed by atoms with Crippen LogP contribution in [-0.4, -0.2) is 51.2 Å². The molecule has 6 nitrogen and oxygen atoms in total. The van der Waals surface area contributed by atoms with Crippen LogP contribution in [-0.2, 0) is 11.2 Å². The van der Waals surface area contributed by atoms with E-state index in [2.05, 4.69) is 4.98 Å². The lowest BCUT2D eigenvalue weighted by atomic mass is 10.0. The number of aromatic nitrogens is 1. The Hall–Kier alpha value is -1.95. The van der Waals surface area contributed by atoms with Crippen molar-refractivity contribution in [3.63, 3.8) is 0 Å². The monoisotopic (exact) mass is 306 g/mol. The van der Waals surface area contributed by atoms with E-state index in [1.54, 1.807) is 11.0 Å². The van der Waals surface area contributed by atoms with Crippen LogP contribution >= 0.6 is 0 Å². The highest BCUT2D eigenvalue weighted by Crippen LogP contribution is 2.18. The van der Waals surface area contributed by atoms with Crippen molar-refractivity contribution in [2.24, 2.45) is 0 Å². The fourth-order valence-electron chi connectivity index (χ4n) is 2.83. The fourth-order valence-corrected chi connectivity index (χ4v) is 2.83. The number of nitrogens with zero attached hydrogens (tertiary/aromatic N) is 2. The molecule has 1 saturated heterocycles. The summed E-state index contributed by atoms with van der Waals surface area (Å²) in [4.78, 5) is 29.0. The molecule has 2 rings (SSSR count). The molecule has 1 unspecified atom stereocenters. The second-order valence-electron chi connectivity index (χ2n) is 5.61. The lowest BCUT2D eigenvalue weighted by molar-refractivity contribution is -0.136. The number of pyridine rings is 1. The van der Waals surface area contributed by atoms with Crippen molar-refractivity contribution in [1.82, 2.24) is 9.88 Å². The Bertz CT molecular complexity index is 533. The highest BCUT2D eigenvalue weighted by Gasteiger charge is 2.25. The van der Waals surface area contributed by atoms with E-state index >= 15 is 0 Å². The third-order valence-electron chi connectivity index (χ3n) is 4.05. The molecule has 1 amide bonds. The summed E-state index contributed by atoms with van der Waals surface area (Å²) in [6, 6.07) is 2.95. The van der Waals surface area contributed by atoms with Gasteiger partial charge in [0.05, 0.1) is 18.2 Å². The maximum atomic E-state index is 12.2. The molecule has 2 heterocycles. The molecule has 0 bridgehead atoms. The van der Waals surface area contributed by atoms with Crippen molar-refractivity contribution >= 4 is 11.9 Å². The van der Waals surface area contributed by atoms with Crippen molar-refractivity contribution in [3.8, 4) is 0 Å². The molecule has 1 aliphatic rings. The molecule has 1 fully saturated rings. The summed E-state index contributed by atoms with van der Waals surface area (Å²) in [5.41, 5.74) is 0.901. The van der Waals surface area contributed by atoms with Gasteiger partial charge in [0, 0.05) is 24.9 Å². The number of aryl methyl sites for hydroxylation is 1. The molecule has 2 N–H and O–H groups in total. The lowest BCUT2D eigenvalue weighted by Crippen LogP contribution is -2.45. The minimum absolute atomic E-state index is 0.0218. The molecule has 1 aromatic heterocycles. The van der Waals surface area contributed by atoms with Crippen LogP contribution in [0.25, 0.3) is 0 Å². The zero-order chi connectivity index (χ0) is 15.9. The first-order chi connectivity index (χ1) is 10.6. The minimum Gasteiger partial charge on any atom is -0.478 e. The number of piperidine rings is 1. The van der Waals surface area contributed by atoms with Crippen molar-refractivity contribution < 1.29 is 19.8 Å². The highest BCUT2D eigenvalue weighted by atomic mass is 16.4. The molecule has 0 aromatic carbocycles. The maximum Gasteiger partial charge on any atom is 0.335 e. The summed E-state index contributed by atoms with van der Waals surface area (Å²) in [7, 11) is 0. The van der Waals surface area contributed by atoms with Crippen molar-refractivity contribution in [2.75, 3.05) is 13.2 Å². The first kappa shape index (κ1) is 16.4. The molecular formula is C16H22N2O4. The first-order valence-electron chi connectivity index (χ1n) is 7.70. The second kappa shape index (κ2) is 7.89. The van der Waals surface area contributed by atoms with Crippen LogP contribution in [0.5, 0.6) is 0 Å². The number of amides is 1.